The highest BCUT2D eigenvalue weighted by Crippen LogP contribution is 2.26. The Hall–Kier alpha value is -2.47. The molecule has 0 spiro atoms. The molecule has 3 rings (SSSR count). The Morgan fingerprint density at radius 2 is 2.09 bits per heavy atom. The van der Waals surface area contributed by atoms with Gasteiger partial charge in [0, 0.05) is 24.8 Å². The fourth-order valence-electron chi connectivity index (χ4n) is 2.64. The number of rotatable bonds is 7. The van der Waals surface area contributed by atoms with Gasteiger partial charge in [-0.1, -0.05) is 6.07 Å². The molecule has 1 aliphatic rings. The van der Waals surface area contributed by atoms with Crippen LogP contribution in [0.4, 0.5) is 11.8 Å². The molecule has 0 unspecified atom stereocenters. The standard InChI is InChI=1S/C17H21N5O/c18-17-21-15-10-12(13-6-8-19-11-13)4-5-14(15)16(22-17)20-7-2-1-3-9-23/h4-6,8,10,23H,1-3,7,9,11H2,(H3,18,20,21,22). The Morgan fingerprint density at radius 3 is 2.87 bits per heavy atom. The highest BCUT2D eigenvalue weighted by molar-refractivity contribution is 5.95. The molecule has 0 amide bonds. The van der Waals surface area contributed by atoms with E-state index in [9.17, 15) is 0 Å². The number of hydrogen-bond acceptors (Lipinski definition) is 6. The van der Waals surface area contributed by atoms with Gasteiger partial charge in [0.15, 0.2) is 0 Å². The predicted octanol–water partition coefficient (Wildman–Crippen LogP) is 2.25. The number of unbranched alkanes of at least 4 members (excludes halogenated alkanes) is 2. The normalized spacial score (nSPS) is 13.5. The van der Waals surface area contributed by atoms with Crippen molar-refractivity contribution in [2.45, 2.75) is 19.3 Å². The number of aromatic nitrogens is 2. The minimum atomic E-state index is 0.242. The van der Waals surface area contributed by atoms with E-state index in [0.717, 1.165) is 48.1 Å². The third-order valence-electron chi connectivity index (χ3n) is 3.86. The number of hydrogen-bond donors (Lipinski definition) is 3. The monoisotopic (exact) mass is 311 g/mol. The Balaban J connectivity index is 1.81. The molecule has 23 heavy (non-hydrogen) atoms. The lowest BCUT2D eigenvalue weighted by Crippen LogP contribution is -2.07. The first-order valence-electron chi connectivity index (χ1n) is 7.89. The van der Waals surface area contributed by atoms with Crippen molar-refractivity contribution in [3.05, 3.63) is 29.8 Å². The number of nitrogen functional groups attached to an aromatic ring is 1. The molecule has 0 saturated carbocycles. The zero-order valence-electron chi connectivity index (χ0n) is 13.0. The van der Waals surface area contributed by atoms with Crippen molar-refractivity contribution in [1.82, 2.24) is 9.97 Å². The summed E-state index contributed by atoms with van der Waals surface area (Å²) in [6.07, 6.45) is 6.64. The molecule has 0 saturated heterocycles. The maximum absolute atomic E-state index is 8.81. The zero-order chi connectivity index (χ0) is 16.1. The molecule has 6 nitrogen and oxygen atoms in total. The molecule has 0 bridgehead atoms. The smallest absolute Gasteiger partial charge is 0.222 e. The lowest BCUT2D eigenvalue weighted by molar-refractivity contribution is 0.283. The Morgan fingerprint density at radius 1 is 1.17 bits per heavy atom. The van der Waals surface area contributed by atoms with Gasteiger partial charge >= 0.3 is 0 Å². The van der Waals surface area contributed by atoms with E-state index in [1.165, 1.54) is 5.57 Å². The number of fused-ring (bicyclic) bond motifs is 1. The second kappa shape index (κ2) is 7.19. The van der Waals surface area contributed by atoms with Gasteiger partial charge < -0.3 is 16.2 Å². The second-order valence-electron chi connectivity index (χ2n) is 5.56. The second-order valence-corrected chi connectivity index (χ2v) is 5.56. The highest BCUT2D eigenvalue weighted by atomic mass is 16.2. The minimum absolute atomic E-state index is 0.242. The van der Waals surface area contributed by atoms with Gasteiger partial charge in [-0.15, -0.1) is 0 Å². The third-order valence-corrected chi connectivity index (χ3v) is 3.86. The molecule has 120 valence electrons. The van der Waals surface area contributed by atoms with E-state index in [1.54, 1.807) is 0 Å². The average Bonchev–Trinajstić information content (AvgIpc) is 3.08. The topological polar surface area (TPSA) is 96.4 Å². The molecule has 0 radical (unpaired) electrons. The summed E-state index contributed by atoms with van der Waals surface area (Å²) in [6, 6.07) is 6.13. The van der Waals surface area contributed by atoms with Crippen LogP contribution in [-0.2, 0) is 0 Å². The highest BCUT2D eigenvalue weighted by Gasteiger charge is 2.10. The van der Waals surface area contributed by atoms with Crippen molar-refractivity contribution < 1.29 is 5.11 Å². The number of nitrogens with one attached hydrogen (secondary N) is 1. The molecule has 0 atom stereocenters. The molecule has 0 aliphatic carbocycles. The molecule has 2 aromatic rings. The Bertz CT molecular complexity index is 754. The quantitative estimate of drug-likeness (QED) is 0.682. The Kier molecular flexibility index (Phi) is 4.83. The predicted molar refractivity (Wildman–Crippen MR) is 94.7 cm³/mol. The molecule has 4 N–H and O–H groups in total. The largest absolute Gasteiger partial charge is 0.396 e. The molecule has 1 aliphatic heterocycles. The summed E-state index contributed by atoms with van der Waals surface area (Å²) in [4.78, 5) is 12.9. The number of nitrogens with zero attached hydrogens (tertiary/aromatic N) is 3. The van der Waals surface area contributed by atoms with E-state index in [1.807, 2.05) is 24.4 Å². The van der Waals surface area contributed by atoms with Crippen molar-refractivity contribution in [3.63, 3.8) is 0 Å². The van der Waals surface area contributed by atoms with Crippen molar-refractivity contribution in [2.75, 3.05) is 30.7 Å². The van der Waals surface area contributed by atoms with Crippen LogP contribution in [0.2, 0.25) is 0 Å². The van der Waals surface area contributed by atoms with E-state index >= 15 is 0 Å². The molecule has 1 aromatic heterocycles. The first-order valence-corrected chi connectivity index (χ1v) is 7.89. The number of aliphatic hydroxyl groups is 1. The SMILES string of the molecule is Nc1nc(NCCCCCO)c2ccc(C3=CC=NC3)cc2n1. The van der Waals surface area contributed by atoms with Gasteiger partial charge in [-0.25, -0.2) is 4.98 Å². The average molecular weight is 311 g/mol. The van der Waals surface area contributed by atoms with E-state index in [-0.39, 0.29) is 12.6 Å². The van der Waals surface area contributed by atoms with Crippen molar-refractivity contribution in [2.24, 2.45) is 4.99 Å². The van der Waals surface area contributed by atoms with E-state index in [4.69, 9.17) is 10.8 Å². The van der Waals surface area contributed by atoms with Crippen molar-refractivity contribution >= 4 is 34.5 Å². The number of allylic oxidation sites excluding steroid dienone is 1. The van der Waals surface area contributed by atoms with Crippen LogP contribution in [0.1, 0.15) is 24.8 Å². The van der Waals surface area contributed by atoms with Crippen LogP contribution in [-0.4, -0.2) is 41.0 Å². The van der Waals surface area contributed by atoms with Crippen LogP contribution >= 0.6 is 0 Å². The summed E-state index contributed by atoms with van der Waals surface area (Å²) >= 11 is 0. The minimum Gasteiger partial charge on any atom is -0.396 e. The van der Waals surface area contributed by atoms with Crippen LogP contribution in [0.5, 0.6) is 0 Å². The molecule has 6 heteroatoms. The van der Waals surface area contributed by atoms with Gasteiger partial charge in [0.2, 0.25) is 5.95 Å². The van der Waals surface area contributed by atoms with Gasteiger partial charge in [-0.3, -0.25) is 4.99 Å². The summed E-state index contributed by atoms with van der Waals surface area (Å²) in [7, 11) is 0. The summed E-state index contributed by atoms with van der Waals surface area (Å²) in [5.74, 6) is 1.03. The van der Waals surface area contributed by atoms with Gasteiger partial charge in [-0.2, -0.15) is 4.98 Å². The summed E-state index contributed by atoms with van der Waals surface area (Å²) in [5, 5.41) is 13.1. The summed E-state index contributed by atoms with van der Waals surface area (Å²) in [5.41, 5.74) is 8.98. The van der Waals surface area contributed by atoms with Gasteiger partial charge in [-0.05, 0) is 48.6 Å². The summed E-state index contributed by atoms with van der Waals surface area (Å²) in [6.45, 7) is 1.75. The van der Waals surface area contributed by atoms with Crippen molar-refractivity contribution in [3.8, 4) is 0 Å². The fraction of sp³-hybridized carbons (Fsp3) is 0.353. The lowest BCUT2D eigenvalue weighted by atomic mass is 10.0. The maximum Gasteiger partial charge on any atom is 0.222 e. The number of anilines is 2. The third kappa shape index (κ3) is 3.65. The van der Waals surface area contributed by atoms with Crippen LogP contribution in [0.25, 0.3) is 16.5 Å². The number of aliphatic imine (C=N–C) groups is 1. The van der Waals surface area contributed by atoms with Gasteiger partial charge in [0.05, 0.1) is 12.1 Å². The Labute approximate surface area is 135 Å². The molecule has 0 fully saturated rings. The first-order chi connectivity index (χ1) is 11.3. The van der Waals surface area contributed by atoms with Crippen LogP contribution in [0.15, 0.2) is 29.3 Å². The van der Waals surface area contributed by atoms with Crippen LogP contribution in [0.3, 0.4) is 0 Å². The number of aliphatic hydroxyl groups excluding tert-OH is 1. The molecular formula is C17H21N5O. The van der Waals surface area contributed by atoms with Crippen molar-refractivity contribution in [1.29, 1.82) is 0 Å². The van der Waals surface area contributed by atoms with E-state index in [0.29, 0.717) is 6.54 Å². The maximum atomic E-state index is 8.81. The van der Waals surface area contributed by atoms with Crippen LogP contribution in [0, 0.1) is 0 Å². The lowest BCUT2D eigenvalue weighted by Gasteiger charge is -2.10. The first kappa shape index (κ1) is 15.4. The van der Waals surface area contributed by atoms with E-state index < -0.39 is 0 Å². The summed E-state index contributed by atoms with van der Waals surface area (Å²) < 4.78 is 0. The number of benzene rings is 1. The number of nitrogens with two attached hydrogens (primary N) is 1. The molecule has 1 aromatic carbocycles. The van der Waals surface area contributed by atoms with E-state index in [2.05, 4.69) is 26.3 Å². The zero-order valence-corrected chi connectivity index (χ0v) is 13.0. The fourth-order valence-corrected chi connectivity index (χ4v) is 2.64. The van der Waals surface area contributed by atoms with Gasteiger partial charge in [0.25, 0.3) is 0 Å². The van der Waals surface area contributed by atoms with Gasteiger partial charge in [0.1, 0.15) is 5.82 Å². The molecular weight excluding hydrogens is 290 g/mol. The van der Waals surface area contributed by atoms with Crippen LogP contribution < -0.4 is 11.1 Å². The molecule has 2 heterocycles.